The number of carbonyl (C=O) groups is 1. The van der Waals surface area contributed by atoms with Crippen molar-refractivity contribution in [2.24, 2.45) is 0 Å². The molecule has 1 amide bonds. The van der Waals surface area contributed by atoms with E-state index in [0.29, 0.717) is 6.61 Å². The van der Waals surface area contributed by atoms with Crippen LogP contribution < -0.4 is 4.74 Å². The molecule has 4 nitrogen and oxygen atoms in total. The summed E-state index contributed by atoms with van der Waals surface area (Å²) < 4.78 is 6.04. The lowest BCUT2D eigenvalue weighted by molar-refractivity contribution is -0.119. The number of nitrogens with zero attached hydrogens (tertiary/aromatic N) is 2. The van der Waals surface area contributed by atoms with Gasteiger partial charge in [-0.15, -0.1) is 0 Å². The third-order valence-corrected chi connectivity index (χ3v) is 5.62. The molecule has 0 spiro atoms. The van der Waals surface area contributed by atoms with Crippen LogP contribution in [0.25, 0.3) is 0 Å². The first-order chi connectivity index (χ1) is 14.2. The summed E-state index contributed by atoms with van der Waals surface area (Å²) in [6.07, 6.45) is 6.30. The largest absolute Gasteiger partial charge is 0.493 e. The van der Waals surface area contributed by atoms with Crippen LogP contribution in [0.5, 0.6) is 5.75 Å². The van der Waals surface area contributed by atoms with E-state index in [9.17, 15) is 4.79 Å². The van der Waals surface area contributed by atoms with Crippen LogP contribution in [0, 0.1) is 13.8 Å². The third kappa shape index (κ3) is 4.16. The number of fused-ring (bicyclic) bond motifs is 1. The first-order valence-corrected chi connectivity index (χ1v) is 10.1. The van der Waals surface area contributed by atoms with Crippen molar-refractivity contribution in [1.82, 2.24) is 9.88 Å². The van der Waals surface area contributed by atoms with Gasteiger partial charge in [0.1, 0.15) is 5.75 Å². The molecule has 0 radical (unpaired) electrons. The highest BCUT2D eigenvalue weighted by Crippen LogP contribution is 2.37. The zero-order chi connectivity index (χ0) is 20.2. The van der Waals surface area contributed by atoms with Gasteiger partial charge in [-0.3, -0.25) is 9.78 Å². The molecule has 1 aliphatic rings. The van der Waals surface area contributed by atoms with Gasteiger partial charge in [-0.1, -0.05) is 35.9 Å². The zero-order valence-corrected chi connectivity index (χ0v) is 17.0. The van der Waals surface area contributed by atoms with Crippen molar-refractivity contribution in [3.8, 4) is 5.75 Å². The molecule has 1 aliphatic heterocycles. The van der Waals surface area contributed by atoms with Crippen LogP contribution in [0.15, 0.2) is 60.9 Å². The molecule has 4 rings (SSSR count). The van der Waals surface area contributed by atoms with Gasteiger partial charge < -0.3 is 9.64 Å². The molecule has 0 bridgehead atoms. The van der Waals surface area contributed by atoms with E-state index in [1.807, 2.05) is 23.2 Å². The Labute approximate surface area is 172 Å². The number of carbonyl (C=O) groups excluding carboxylic acids is 1. The van der Waals surface area contributed by atoms with Gasteiger partial charge in [-0.2, -0.15) is 0 Å². The van der Waals surface area contributed by atoms with E-state index in [-0.39, 0.29) is 6.04 Å². The maximum absolute atomic E-state index is 11.8. The lowest BCUT2D eigenvalue weighted by Gasteiger charge is -2.36. The molecule has 0 saturated heterocycles. The normalized spacial score (nSPS) is 15.7. The van der Waals surface area contributed by atoms with Crippen LogP contribution in [-0.4, -0.2) is 29.4 Å². The van der Waals surface area contributed by atoms with Crippen LogP contribution >= 0.6 is 0 Å². The summed E-state index contributed by atoms with van der Waals surface area (Å²) in [6, 6.07) is 16.7. The van der Waals surface area contributed by atoms with Crippen molar-refractivity contribution in [2.75, 3.05) is 13.2 Å². The van der Waals surface area contributed by atoms with Gasteiger partial charge in [0.15, 0.2) is 0 Å². The first kappa shape index (κ1) is 19.2. The molecule has 148 valence electrons. The monoisotopic (exact) mass is 386 g/mol. The van der Waals surface area contributed by atoms with E-state index in [2.05, 4.69) is 55.2 Å². The Kier molecular flexibility index (Phi) is 5.61. The fourth-order valence-corrected chi connectivity index (χ4v) is 4.13. The first-order valence-electron chi connectivity index (χ1n) is 10.1. The molecule has 1 aromatic heterocycles. The number of aromatic nitrogens is 1. The Bertz CT molecular complexity index is 1000. The highest BCUT2D eigenvalue weighted by molar-refractivity contribution is 5.56. The van der Waals surface area contributed by atoms with Crippen LogP contribution in [0.1, 0.15) is 39.4 Å². The minimum atomic E-state index is -0.0706. The van der Waals surface area contributed by atoms with Gasteiger partial charge in [-0.05, 0) is 66.3 Å². The SMILES string of the molecule is Cc1ccc(C2c3cc(OCCc4cccnc4)ccc3CCN2C=O)c(C)c1. The molecule has 0 aliphatic carbocycles. The van der Waals surface area contributed by atoms with Crippen molar-refractivity contribution in [1.29, 1.82) is 0 Å². The van der Waals surface area contributed by atoms with Crippen LogP contribution in [0.4, 0.5) is 0 Å². The lowest BCUT2D eigenvalue weighted by atomic mass is 9.86. The smallest absolute Gasteiger partial charge is 0.210 e. The highest BCUT2D eigenvalue weighted by Gasteiger charge is 2.29. The minimum Gasteiger partial charge on any atom is -0.493 e. The predicted molar refractivity (Wildman–Crippen MR) is 114 cm³/mol. The van der Waals surface area contributed by atoms with Crippen molar-refractivity contribution in [3.63, 3.8) is 0 Å². The van der Waals surface area contributed by atoms with E-state index in [0.717, 1.165) is 42.7 Å². The Hall–Kier alpha value is -3.14. The molecular formula is C25H26N2O2. The molecule has 0 saturated carbocycles. The van der Waals surface area contributed by atoms with E-state index >= 15 is 0 Å². The molecule has 2 heterocycles. The van der Waals surface area contributed by atoms with Gasteiger partial charge in [0.25, 0.3) is 0 Å². The van der Waals surface area contributed by atoms with Crippen molar-refractivity contribution in [3.05, 3.63) is 94.3 Å². The van der Waals surface area contributed by atoms with Crippen LogP contribution in [-0.2, 0) is 17.6 Å². The van der Waals surface area contributed by atoms with Crippen molar-refractivity contribution in [2.45, 2.75) is 32.7 Å². The second-order valence-corrected chi connectivity index (χ2v) is 7.68. The van der Waals surface area contributed by atoms with Gasteiger partial charge in [-0.25, -0.2) is 0 Å². The van der Waals surface area contributed by atoms with Crippen molar-refractivity contribution >= 4 is 6.41 Å². The second-order valence-electron chi connectivity index (χ2n) is 7.68. The van der Waals surface area contributed by atoms with Crippen LogP contribution in [0.2, 0.25) is 0 Å². The summed E-state index contributed by atoms with van der Waals surface area (Å²) >= 11 is 0. The second kappa shape index (κ2) is 8.48. The standard InChI is InChI=1S/C25H26N2O2/c1-18-5-8-23(19(2)14-18)25-24-15-22(7-6-21(24)9-12-27(25)17-28)29-13-10-20-4-3-11-26-16-20/h3-8,11,14-17,25H,9-10,12-13H2,1-2H3. The molecule has 2 aromatic carbocycles. The molecular weight excluding hydrogens is 360 g/mol. The molecule has 4 heteroatoms. The number of benzene rings is 2. The summed E-state index contributed by atoms with van der Waals surface area (Å²) in [6.45, 7) is 5.54. The Morgan fingerprint density at radius 3 is 2.79 bits per heavy atom. The molecule has 1 unspecified atom stereocenters. The number of hydrogen-bond donors (Lipinski definition) is 0. The molecule has 29 heavy (non-hydrogen) atoms. The number of aryl methyl sites for hydroxylation is 2. The Balaban J connectivity index is 1.61. The Morgan fingerprint density at radius 2 is 2.03 bits per heavy atom. The van der Waals surface area contributed by atoms with E-state index in [4.69, 9.17) is 4.74 Å². The fourth-order valence-electron chi connectivity index (χ4n) is 4.13. The summed E-state index contributed by atoms with van der Waals surface area (Å²) in [4.78, 5) is 17.9. The quantitative estimate of drug-likeness (QED) is 0.589. The van der Waals surface area contributed by atoms with E-state index < -0.39 is 0 Å². The van der Waals surface area contributed by atoms with Gasteiger partial charge in [0.2, 0.25) is 6.41 Å². The Morgan fingerprint density at radius 1 is 1.14 bits per heavy atom. The molecule has 1 atom stereocenters. The number of pyridine rings is 1. The summed E-state index contributed by atoms with van der Waals surface area (Å²) in [5.74, 6) is 0.843. The topological polar surface area (TPSA) is 42.4 Å². The maximum atomic E-state index is 11.8. The van der Waals surface area contributed by atoms with Crippen molar-refractivity contribution < 1.29 is 9.53 Å². The summed E-state index contributed by atoms with van der Waals surface area (Å²) in [5.41, 5.74) is 7.22. The summed E-state index contributed by atoms with van der Waals surface area (Å²) in [5, 5.41) is 0. The number of ether oxygens (including phenoxy) is 1. The number of hydrogen-bond acceptors (Lipinski definition) is 3. The highest BCUT2D eigenvalue weighted by atomic mass is 16.5. The van der Waals surface area contributed by atoms with Gasteiger partial charge in [0, 0.05) is 25.4 Å². The minimum absolute atomic E-state index is 0.0706. The summed E-state index contributed by atoms with van der Waals surface area (Å²) in [7, 11) is 0. The average Bonchev–Trinajstić information content (AvgIpc) is 2.74. The number of rotatable bonds is 6. The van der Waals surface area contributed by atoms with E-state index in [1.54, 1.807) is 6.20 Å². The maximum Gasteiger partial charge on any atom is 0.210 e. The third-order valence-electron chi connectivity index (χ3n) is 5.62. The van der Waals surface area contributed by atoms with Gasteiger partial charge >= 0.3 is 0 Å². The van der Waals surface area contributed by atoms with Gasteiger partial charge in [0.05, 0.1) is 12.6 Å². The molecule has 3 aromatic rings. The fraction of sp³-hybridized carbons (Fsp3) is 0.280. The number of amides is 1. The van der Waals surface area contributed by atoms with Crippen LogP contribution in [0.3, 0.4) is 0 Å². The van der Waals surface area contributed by atoms with E-state index in [1.165, 1.54) is 22.3 Å². The average molecular weight is 386 g/mol. The molecule has 0 fully saturated rings. The zero-order valence-electron chi connectivity index (χ0n) is 17.0. The predicted octanol–water partition coefficient (Wildman–Crippen LogP) is 4.42. The molecule has 0 N–H and O–H groups in total. The lowest BCUT2D eigenvalue weighted by Crippen LogP contribution is -2.35.